The van der Waals surface area contributed by atoms with Gasteiger partial charge in [-0.15, -0.1) is 0 Å². The van der Waals surface area contributed by atoms with E-state index < -0.39 is 0 Å². The van der Waals surface area contributed by atoms with Gasteiger partial charge in [-0.3, -0.25) is 0 Å². The third-order valence-corrected chi connectivity index (χ3v) is 5.02. The molecule has 0 aromatic carbocycles. The molecule has 5 nitrogen and oxygen atoms in total. The van der Waals surface area contributed by atoms with Crippen LogP contribution in [0.15, 0.2) is 0 Å². The van der Waals surface area contributed by atoms with Crippen LogP contribution in [-0.2, 0) is 17.6 Å². The normalized spacial score (nSPS) is 19.1. The number of nitrogen functional groups attached to an aromatic ring is 1. The average molecular weight is 276 g/mol. The molecule has 3 heterocycles. The van der Waals surface area contributed by atoms with Crippen molar-refractivity contribution in [2.45, 2.75) is 19.3 Å². The number of ether oxygens (including phenoxy) is 1. The van der Waals surface area contributed by atoms with Crippen LogP contribution < -0.4 is 10.6 Å². The van der Waals surface area contributed by atoms with E-state index in [0.717, 1.165) is 66.0 Å². The topological polar surface area (TPSA) is 64.3 Å². The van der Waals surface area contributed by atoms with Gasteiger partial charge in [-0.05, 0) is 24.8 Å². The molecule has 4 rings (SSSR count). The fourth-order valence-electron chi connectivity index (χ4n) is 2.85. The van der Waals surface area contributed by atoms with Gasteiger partial charge in [-0.25, -0.2) is 4.98 Å². The molecular formula is C13H16N4OS. The van der Waals surface area contributed by atoms with Gasteiger partial charge in [0.15, 0.2) is 10.8 Å². The van der Waals surface area contributed by atoms with E-state index in [9.17, 15) is 0 Å². The Balaban J connectivity index is 1.81. The van der Waals surface area contributed by atoms with Gasteiger partial charge in [0.05, 0.1) is 23.6 Å². The summed E-state index contributed by atoms with van der Waals surface area (Å²) in [5.74, 6) is 0. The maximum Gasteiger partial charge on any atom is 0.188 e. The number of aryl methyl sites for hydroxylation is 1. The van der Waals surface area contributed by atoms with E-state index in [2.05, 4.69) is 9.88 Å². The molecular weight excluding hydrogens is 260 g/mol. The molecule has 2 aliphatic rings. The molecule has 0 bridgehead atoms. The van der Waals surface area contributed by atoms with Gasteiger partial charge >= 0.3 is 0 Å². The van der Waals surface area contributed by atoms with Gasteiger partial charge in [-0.1, -0.05) is 11.3 Å². The predicted molar refractivity (Wildman–Crippen MR) is 76.9 cm³/mol. The standard InChI is InChI=1S/C13H16N4OS/c14-10-8-2-1-3-9(8)15-12-11(10)19-13(16-12)17-4-6-18-7-5-17/h1-7H2,(H2,14,15). The Labute approximate surface area is 115 Å². The van der Waals surface area contributed by atoms with Crippen LogP contribution in [0.5, 0.6) is 0 Å². The fraction of sp³-hybridized carbons (Fsp3) is 0.538. The molecule has 1 fully saturated rings. The Hall–Kier alpha value is -1.40. The predicted octanol–water partition coefficient (Wildman–Crippen LogP) is 1.60. The Morgan fingerprint density at radius 1 is 1.16 bits per heavy atom. The van der Waals surface area contributed by atoms with Crippen molar-refractivity contribution in [1.82, 2.24) is 9.97 Å². The molecule has 2 N–H and O–H groups in total. The van der Waals surface area contributed by atoms with Crippen molar-refractivity contribution >= 4 is 32.5 Å². The van der Waals surface area contributed by atoms with Gasteiger partial charge in [-0.2, -0.15) is 4.98 Å². The van der Waals surface area contributed by atoms with E-state index in [-0.39, 0.29) is 0 Å². The smallest absolute Gasteiger partial charge is 0.188 e. The minimum Gasteiger partial charge on any atom is -0.397 e. The van der Waals surface area contributed by atoms with Gasteiger partial charge in [0, 0.05) is 18.8 Å². The van der Waals surface area contributed by atoms with E-state index in [1.165, 1.54) is 12.0 Å². The zero-order chi connectivity index (χ0) is 12.8. The summed E-state index contributed by atoms with van der Waals surface area (Å²) < 4.78 is 6.44. The molecule has 1 aliphatic heterocycles. The number of thiazole rings is 1. The molecule has 19 heavy (non-hydrogen) atoms. The summed E-state index contributed by atoms with van der Waals surface area (Å²) in [6.07, 6.45) is 3.27. The van der Waals surface area contributed by atoms with Crippen LogP contribution in [0.4, 0.5) is 10.8 Å². The summed E-state index contributed by atoms with van der Waals surface area (Å²) in [7, 11) is 0. The second kappa shape index (κ2) is 4.31. The second-order valence-corrected chi connectivity index (χ2v) is 6.03. The number of nitrogens with zero attached hydrogens (tertiary/aromatic N) is 3. The minimum atomic E-state index is 0.773. The summed E-state index contributed by atoms with van der Waals surface area (Å²) >= 11 is 1.67. The highest BCUT2D eigenvalue weighted by Gasteiger charge is 2.22. The summed E-state index contributed by atoms with van der Waals surface area (Å²) in [5, 5.41) is 1.03. The Kier molecular flexibility index (Phi) is 2.60. The summed E-state index contributed by atoms with van der Waals surface area (Å²) in [6, 6.07) is 0. The van der Waals surface area contributed by atoms with Gasteiger partial charge in [0.2, 0.25) is 0 Å². The Morgan fingerprint density at radius 3 is 2.84 bits per heavy atom. The number of aromatic nitrogens is 2. The van der Waals surface area contributed by atoms with Crippen molar-refractivity contribution in [2.24, 2.45) is 0 Å². The zero-order valence-corrected chi connectivity index (χ0v) is 11.5. The van der Waals surface area contributed by atoms with Crippen molar-refractivity contribution in [3.63, 3.8) is 0 Å². The first-order chi connectivity index (χ1) is 9.33. The van der Waals surface area contributed by atoms with Crippen LogP contribution >= 0.6 is 11.3 Å². The first-order valence-corrected chi connectivity index (χ1v) is 7.55. The number of hydrogen-bond acceptors (Lipinski definition) is 6. The second-order valence-electron chi connectivity index (χ2n) is 5.05. The lowest BCUT2D eigenvalue weighted by Crippen LogP contribution is -2.36. The van der Waals surface area contributed by atoms with Crippen LogP contribution in [0, 0.1) is 0 Å². The molecule has 0 spiro atoms. The molecule has 0 saturated carbocycles. The van der Waals surface area contributed by atoms with Crippen LogP contribution in [0.1, 0.15) is 17.7 Å². The molecule has 100 valence electrons. The third-order valence-electron chi connectivity index (χ3n) is 3.88. The SMILES string of the molecule is Nc1c2c(nc3nc(N4CCOCC4)sc13)CCC2. The maximum absolute atomic E-state index is 6.30. The van der Waals surface area contributed by atoms with E-state index >= 15 is 0 Å². The maximum atomic E-state index is 6.30. The van der Waals surface area contributed by atoms with Gasteiger partial charge < -0.3 is 15.4 Å². The molecule has 0 radical (unpaired) electrons. The van der Waals surface area contributed by atoms with Crippen molar-refractivity contribution < 1.29 is 4.74 Å². The van der Waals surface area contributed by atoms with Crippen LogP contribution in [-0.4, -0.2) is 36.3 Å². The summed E-state index contributed by atoms with van der Waals surface area (Å²) in [6.45, 7) is 3.35. The number of hydrogen-bond donors (Lipinski definition) is 1. The monoisotopic (exact) mass is 276 g/mol. The number of fused-ring (bicyclic) bond motifs is 2. The number of rotatable bonds is 1. The first kappa shape index (κ1) is 11.4. The highest BCUT2D eigenvalue weighted by Crippen LogP contribution is 2.37. The number of morpholine rings is 1. The zero-order valence-electron chi connectivity index (χ0n) is 10.7. The van der Waals surface area contributed by atoms with Crippen molar-refractivity contribution in [2.75, 3.05) is 36.9 Å². The number of anilines is 2. The highest BCUT2D eigenvalue weighted by atomic mass is 32.1. The molecule has 2 aromatic heterocycles. The first-order valence-electron chi connectivity index (χ1n) is 6.73. The van der Waals surface area contributed by atoms with Crippen LogP contribution in [0.3, 0.4) is 0 Å². The lowest BCUT2D eigenvalue weighted by molar-refractivity contribution is 0.122. The Morgan fingerprint density at radius 2 is 2.00 bits per heavy atom. The number of nitrogens with two attached hydrogens (primary N) is 1. The largest absolute Gasteiger partial charge is 0.397 e. The van der Waals surface area contributed by atoms with Crippen molar-refractivity contribution in [1.29, 1.82) is 0 Å². The molecule has 0 amide bonds. The average Bonchev–Trinajstić information content (AvgIpc) is 3.06. The fourth-order valence-corrected chi connectivity index (χ4v) is 3.89. The molecule has 6 heteroatoms. The lowest BCUT2D eigenvalue weighted by atomic mass is 10.2. The number of pyridine rings is 1. The van der Waals surface area contributed by atoms with Crippen molar-refractivity contribution in [3.05, 3.63) is 11.3 Å². The highest BCUT2D eigenvalue weighted by molar-refractivity contribution is 7.22. The van der Waals surface area contributed by atoms with Crippen molar-refractivity contribution in [3.8, 4) is 0 Å². The minimum absolute atomic E-state index is 0.773. The lowest BCUT2D eigenvalue weighted by Gasteiger charge is -2.25. The van der Waals surface area contributed by atoms with E-state index in [4.69, 9.17) is 15.5 Å². The summed E-state index contributed by atoms with van der Waals surface area (Å²) in [5.41, 5.74) is 10.4. The van der Waals surface area contributed by atoms with Gasteiger partial charge in [0.25, 0.3) is 0 Å². The van der Waals surface area contributed by atoms with E-state index in [0.29, 0.717) is 0 Å². The van der Waals surface area contributed by atoms with Crippen LogP contribution in [0.25, 0.3) is 10.3 Å². The van der Waals surface area contributed by atoms with Gasteiger partial charge in [0.1, 0.15) is 0 Å². The molecule has 1 aliphatic carbocycles. The quantitative estimate of drug-likeness (QED) is 0.857. The molecule has 0 unspecified atom stereocenters. The Bertz CT molecular complexity index is 633. The summed E-state index contributed by atoms with van der Waals surface area (Å²) in [4.78, 5) is 11.6. The van der Waals surface area contributed by atoms with E-state index in [1.54, 1.807) is 11.3 Å². The molecule has 2 aromatic rings. The van der Waals surface area contributed by atoms with Crippen LogP contribution in [0.2, 0.25) is 0 Å². The molecule has 0 atom stereocenters. The third kappa shape index (κ3) is 1.78. The van der Waals surface area contributed by atoms with E-state index in [1.807, 2.05) is 0 Å². The molecule has 1 saturated heterocycles.